The Morgan fingerprint density at radius 2 is 0.810 bits per heavy atom. The van der Waals surface area contributed by atoms with E-state index in [-0.39, 0.29) is 209 Å². The van der Waals surface area contributed by atoms with E-state index in [4.69, 9.17) is 80.3 Å². The van der Waals surface area contributed by atoms with Crippen LogP contribution in [0, 0.1) is 0 Å². The molecule has 1 aliphatic rings. The maximum absolute atomic E-state index is 15.3. The third kappa shape index (κ3) is 43.0. The zero-order valence-corrected chi connectivity index (χ0v) is 60.5. The maximum atomic E-state index is 15.3. The van der Waals surface area contributed by atoms with Crippen LogP contribution in [0.15, 0.2) is 30.0 Å². The molecule has 105 heavy (non-hydrogen) atoms. The molecular weight excluding hydrogens is 1390 g/mol. The van der Waals surface area contributed by atoms with E-state index in [9.17, 15) is 57.5 Å². The molecule has 1 aliphatic heterocycles. The molecule has 0 unspecified atom stereocenters. The number of guanidine groups is 6. The van der Waals surface area contributed by atoms with E-state index in [2.05, 4.69) is 95.8 Å². The Kier molecular flexibility index (Phi) is 45.7. The minimum atomic E-state index is -1.54. The molecule has 44 nitrogen and oxygen atoms in total. The number of nitrogens with one attached hydrogen (secondary N) is 10. The van der Waals surface area contributed by atoms with Gasteiger partial charge in [-0.1, -0.05) is 6.42 Å². The first-order valence-electron chi connectivity index (χ1n) is 34.4. The van der Waals surface area contributed by atoms with Gasteiger partial charge in [0.05, 0.1) is 6.54 Å². The van der Waals surface area contributed by atoms with Gasteiger partial charge in [-0.15, -0.1) is 0 Å². The highest BCUT2D eigenvalue weighted by Gasteiger charge is 2.36. The van der Waals surface area contributed by atoms with Crippen molar-refractivity contribution in [2.45, 2.75) is 196 Å². The quantitative estimate of drug-likeness (QED) is 0.0118. The summed E-state index contributed by atoms with van der Waals surface area (Å²) >= 11 is 4.09. The Balaban J connectivity index is 4.10. The second-order valence-corrected chi connectivity index (χ2v) is 24.9. The number of hydrogen-bond acceptors (Lipinski definition) is 20. The van der Waals surface area contributed by atoms with Crippen molar-refractivity contribution < 1.29 is 62.3 Å². The van der Waals surface area contributed by atoms with Crippen LogP contribution in [0.5, 0.6) is 0 Å². The summed E-state index contributed by atoms with van der Waals surface area (Å²) in [5.74, 6) is -12.8. The molecule has 0 aromatic carbocycles. The van der Waals surface area contributed by atoms with E-state index in [0.29, 0.717) is 19.3 Å². The number of primary amides is 2. The van der Waals surface area contributed by atoms with E-state index in [1.165, 1.54) is 6.92 Å². The smallest absolute Gasteiger partial charge is 0.245 e. The van der Waals surface area contributed by atoms with Crippen LogP contribution in [0.25, 0.3) is 0 Å². The number of nitrogens with zero attached hydrogens (tertiary/aromatic N) is 7. The number of carbonyl (C=O) groups is 13. The molecule has 0 spiro atoms. The Labute approximate surface area is 614 Å². The molecule has 45 heteroatoms. The second-order valence-electron chi connectivity index (χ2n) is 24.5. The molecule has 0 radical (unpaired) electrons. The van der Waals surface area contributed by atoms with Crippen LogP contribution < -0.4 is 133 Å². The number of aliphatic imine (C=N–C) groups is 6. The predicted molar refractivity (Wildman–Crippen MR) is 396 cm³/mol. The summed E-state index contributed by atoms with van der Waals surface area (Å²) in [4.78, 5) is 205. The molecule has 1 rings (SSSR count). The van der Waals surface area contributed by atoms with Gasteiger partial charge in [0.15, 0.2) is 35.8 Å². The highest BCUT2D eigenvalue weighted by atomic mass is 32.1. The summed E-state index contributed by atoms with van der Waals surface area (Å²) in [6.45, 7) is 0.151. The Morgan fingerprint density at radius 1 is 0.438 bits per heavy atom. The van der Waals surface area contributed by atoms with E-state index < -0.39 is 138 Å². The van der Waals surface area contributed by atoms with Gasteiger partial charge in [0.1, 0.15) is 54.4 Å². The Morgan fingerprint density at radius 3 is 1.24 bits per heavy atom. The number of rotatable bonds is 38. The summed E-state index contributed by atoms with van der Waals surface area (Å²) in [5.41, 5.74) is 77.6. The van der Waals surface area contributed by atoms with Crippen LogP contribution in [0.3, 0.4) is 0 Å². The summed E-state index contributed by atoms with van der Waals surface area (Å²) in [5, 5.41) is 26.1. The van der Waals surface area contributed by atoms with Gasteiger partial charge < -0.3 is 138 Å². The molecule has 1 heterocycles. The third-order valence-electron chi connectivity index (χ3n) is 15.5. The number of amides is 13. The topological polar surface area (TPSA) is 784 Å². The third-order valence-corrected chi connectivity index (χ3v) is 15.9. The molecule has 1 fully saturated rings. The molecule has 1 saturated heterocycles. The first-order chi connectivity index (χ1) is 49.6. The Hall–Kier alpha value is -10.9. The SMILES string of the molecule is C[C@@H]1NC(=O)[C@H](CCC(N)=O)NC(=O)[C@H](CCCN=C(N)N)NC(=O)CCCCCC(=O)NCCCCN(CC(=O)N[C@@H](CCCN=C(N)N)C(=O)N[C@@H](CCCN=C(N)N)C(=O)N[C@@H](CCCN=C(N)N)C(=O)N[C@@H](CS)C(N)=O)C(=O)[C@H](CCCN=C(N)N)NC(=O)[C@H](CCCN=C(N)N)NC1=O. The van der Waals surface area contributed by atoms with Crippen molar-refractivity contribution >= 4 is 125 Å². The van der Waals surface area contributed by atoms with E-state index in [1.54, 1.807) is 0 Å². The van der Waals surface area contributed by atoms with Gasteiger partial charge in [-0.25, -0.2) is 0 Å². The minimum absolute atomic E-state index is 0.0116. The van der Waals surface area contributed by atoms with E-state index in [1.807, 2.05) is 0 Å². The first-order valence-corrected chi connectivity index (χ1v) is 35.0. The van der Waals surface area contributed by atoms with E-state index >= 15 is 4.79 Å². The lowest BCUT2D eigenvalue weighted by atomic mass is 10.0. The first kappa shape index (κ1) is 92.1. The van der Waals surface area contributed by atoms with Gasteiger partial charge in [0.2, 0.25) is 76.8 Å². The van der Waals surface area contributed by atoms with Gasteiger partial charge in [0, 0.05) is 77.4 Å². The molecule has 13 amide bonds. The van der Waals surface area contributed by atoms with Crippen LogP contribution in [-0.4, -0.2) is 236 Å². The van der Waals surface area contributed by atoms with Crippen LogP contribution in [0.4, 0.5) is 0 Å². The van der Waals surface area contributed by atoms with Gasteiger partial charge in [-0.2, -0.15) is 12.6 Å². The highest BCUT2D eigenvalue weighted by Crippen LogP contribution is 2.13. The highest BCUT2D eigenvalue weighted by molar-refractivity contribution is 7.80. The fraction of sp³-hybridized carbons (Fsp3) is 0.683. The fourth-order valence-electron chi connectivity index (χ4n) is 10.1. The monoisotopic (exact) mass is 1510 g/mol. The molecule has 0 saturated carbocycles. The van der Waals surface area contributed by atoms with Crippen LogP contribution in [0.1, 0.15) is 142 Å². The summed E-state index contributed by atoms with van der Waals surface area (Å²) < 4.78 is 0. The molecule has 592 valence electrons. The predicted octanol–water partition coefficient (Wildman–Crippen LogP) is -10.9. The average molecular weight is 1510 g/mol. The second kappa shape index (κ2) is 52.1. The molecule has 9 atom stereocenters. The molecule has 0 bridgehead atoms. The van der Waals surface area contributed by atoms with Gasteiger partial charge in [-0.3, -0.25) is 92.3 Å². The number of nitrogens with two attached hydrogens (primary N) is 14. The largest absolute Gasteiger partial charge is 0.370 e. The zero-order chi connectivity index (χ0) is 79.0. The lowest BCUT2D eigenvalue weighted by Crippen LogP contribution is -2.59. The van der Waals surface area contributed by atoms with Crippen molar-refractivity contribution in [2.24, 2.45) is 110 Å². The number of thiol groups is 1. The van der Waals surface area contributed by atoms with Gasteiger partial charge >= 0.3 is 0 Å². The van der Waals surface area contributed by atoms with Crippen molar-refractivity contribution in [1.82, 2.24) is 58.1 Å². The minimum Gasteiger partial charge on any atom is -0.370 e. The lowest BCUT2D eigenvalue weighted by Gasteiger charge is -2.30. The van der Waals surface area contributed by atoms with Crippen molar-refractivity contribution in [3.05, 3.63) is 0 Å². The molecule has 0 aromatic heterocycles. The van der Waals surface area contributed by atoms with Crippen LogP contribution >= 0.6 is 12.6 Å². The number of hydrogen-bond donors (Lipinski definition) is 25. The van der Waals surface area contributed by atoms with Crippen LogP contribution in [0.2, 0.25) is 0 Å². The van der Waals surface area contributed by atoms with Gasteiger partial charge in [-0.05, 0) is 116 Å². The molecule has 0 aliphatic carbocycles. The zero-order valence-electron chi connectivity index (χ0n) is 59.6. The lowest BCUT2D eigenvalue weighted by molar-refractivity contribution is -0.141. The standard InChI is InChI=1S/C60H113N31O13S/c1-33-47(97)85-36(15-9-26-78-57(67)68)52(102)89-40(18-12-29-81-60(73)74)54(104)91(30-6-5-23-75-43(93)19-3-2-4-20-44(94)83-34(13-7-24-76-55(63)64)49(99)88-39(48(98)82-33)21-22-42(61)92)31-45(95)84-35(14-8-25-77-56(65)66)50(100)86-37(16-10-27-79-58(69)70)51(101)87-38(17-11-28-80-59(71)72)53(103)90-41(32-105)46(62)96/h33-41,105H,2-32H2,1H3,(H2,61,92)(H2,62,96)(H,75,93)(H,82,98)(H,83,94)(H,84,95)(H,85,97)(H,86,100)(H,87,101)(H,88,99)(H,89,102)(H,90,103)(H4,63,64,76)(H4,65,66,77)(H4,67,68,78)(H4,69,70,79)(H4,71,72,80)(H4,73,74,81)/t33-,34-,35-,36-,37-,38-,39-,40-,41-/m0/s1. The summed E-state index contributed by atoms with van der Waals surface area (Å²) in [6, 6.07) is -13.0. The van der Waals surface area contributed by atoms with Crippen molar-refractivity contribution in [2.75, 3.05) is 64.7 Å². The van der Waals surface area contributed by atoms with Gasteiger partial charge in [0.25, 0.3) is 0 Å². The molecular formula is C60H113N31O13S. The van der Waals surface area contributed by atoms with E-state index in [0.717, 1.165) is 4.90 Å². The molecule has 38 N–H and O–H groups in total. The average Bonchev–Trinajstić information content (AvgIpc) is 0.856. The summed E-state index contributed by atoms with van der Waals surface area (Å²) in [7, 11) is 0. The molecule has 0 aromatic rings. The van der Waals surface area contributed by atoms with Crippen LogP contribution in [-0.2, 0) is 62.3 Å². The normalized spacial score (nSPS) is 18.8. The number of carbonyl (C=O) groups excluding carboxylic acids is 13. The van der Waals surface area contributed by atoms with Crippen molar-refractivity contribution in [3.63, 3.8) is 0 Å². The van der Waals surface area contributed by atoms with Crippen molar-refractivity contribution in [1.29, 1.82) is 0 Å². The fourth-order valence-corrected chi connectivity index (χ4v) is 10.4. The summed E-state index contributed by atoms with van der Waals surface area (Å²) in [6.07, 6.45) is 0.127. The maximum Gasteiger partial charge on any atom is 0.245 e. The Bertz CT molecular complexity index is 3040. The van der Waals surface area contributed by atoms with Crippen molar-refractivity contribution in [3.8, 4) is 0 Å².